The molecule has 7 nitrogen and oxygen atoms in total. The lowest BCUT2D eigenvalue weighted by molar-refractivity contribution is -0.137. The molecule has 136 valence electrons. The molecule has 0 aromatic heterocycles. The van der Waals surface area contributed by atoms with Gasteiger partial charge in [-0.2, -0.15) is 0 Å². The fourth-order valence-electron chi connectivity index (χ4n) is 2.70. The number of carbonyl (C=O) groups is 2. The van der Waals surface area contributed by atoms with Gasteiger partial charge in [-0.25, -0.2) is 4.79 Å². The molecule has 2 rings (SSSR count). The number of ether oxygens (including phenoxy) is 1. The molecule has 2 aliphatic rings. The third-order valence-corrected chi connectivity index (χ3v) is 4.95. The number of hydrogen-bond acceptors (Lipinski definition) is 6. The summed E-state index contributed by atoms with van der Waals surface area (Å²) in [5.74, 6) is -0.737. The molecule has 3 N–H and O–H groups in total. The van der Waals surface area contributed by atoms with Crippen LogP contribution in [0.4, 0.5) is 4.79 Å². The van der Waals surface area contributed by atoms with E-state index in [1.807, 2.05) is 20.8 Å². The molecule has 8 heteroatoms. The van der Waals surface area contributed by atoms with E-state index in [-0.39, 0.29) is 11.9 Å². The van der Waals surface area contributed by atoms with Crippen molar-refractivity contribution < 1.29 is 19.4 Å². The fourth-order valence-corrected chi connectivity index (χ4v) is 3.86. The van der Waals surface area contributed by atoms with Crippen LogP contribution in [0.2, 0.25) is 0 Å². The molecule has 0 saturated heterocycles. The Hall–Kier alpha value is -1.41. The molecular formula is C16H27N3O4S. The molecule has 0 aliphatic carbocycles. The van der Waals surface area contributed by atoms with Gasteiger partial charge >= 0.3 is 12.1 Å². The second-order valence-electron chi connectivity index (χ2n) is 7.03. The Bertz CT molecular complexity index is 496. The van der Waals surface area contributed by atoms with Gasteiger partial charge in [-0.1, -0.05) is 11.8 Å². The first-order chi connectivity index (χ1) is 11.2. The highest BCUT2D eigenvalue weighted by Crippen LogP contribution is 2.35. The Morgan fingerprint density at radius 2 is 2.08 bits per heavy atom. The lowest BCUT2D eigenvalue weighted by Gasteiger charge is -2.23. The number of alkyl carbamates (subject to hydrolysis) is 1. The minimum absolute atomic E-state index is 0.177. The Balaban J connectivity index is 1.74. The van der Waals surface area contributed by atoms with Crippen LogP contribution in [0.25, 0.3) is 0 Å². The van der Waals surface area contributed by atoms with E-state index in [1.54, 1.807) is 11.8 Å². The largest absolute Gasteiger partial charge is 0.481 e. The van der Waals surface area contributed by atoms with Gasteiger partial charge in [0.25, 0.3) is 0 Å². The van der Waals surface area contributed by atoms with Crippen LogP contribution in [-0.4, -0.2) is 52.8 Å². The van der Waals surface area contributed by atoms with Crippen molar-refractivity contribution in [3.05, 3.63) is 10.6 Å². The first-order valence-electron chi connectivity index (χ1n) is 8.32. The first kappa shape index (κ1) is 18.9. The van der Waals surface area contributed by atoms with Crippen LogP contribution in [0, 0.1) is 0 Å². The highest BCUT2D eigenvalue weighted by Gasteiger charge is 2.29. The van der Waals surface area contributed by atoms with E-state index in [4.69, 9.17) is 9.84 Å². The lowest BCUT2D eigenvalue weighted by atomic mass is 10.2. The molecule has 0 fully saturated rings. The van der Waals surface area contributed by atoms with Gasteiger partial charge in [0, 0.05) is 36.5 Å². The molecule has 0 bridgehead atoms. The Labute approximate surface area is 147 Å². The number of carboxylic acid groups (broad SMARTS) is 1. The second kappa shape index (κ2) is 8.11. The van der Waals surface area contributed by atoms with Gasteiger partial charge in [0.05, 0.1) is 0 Å². The lowest BCUT2D eigenvalue weighted by Crippen LogP contribution is -2.43. The number of hydrogen-bond donors (Lipinski definition) is 3. The number of carbonyl (C=O) groups excluding carboxylic acids is 1. The maximum absolute atomic E-state index is 11.9. The number of carboxylic acids is 1. The van der Waals surface area contributed by atoms with Crippen LogP contribution in [-0.2, 0) is 9.53 Å². The number of rotatable bonds is 5. The normalized spacial score (nSPS) is 21.7. The van der Waals surface area contributed by atoms with Crippen LogP contribution in [0.5, 0.6) is 0 Å². The van der Waals surface area contributed by atoms with Crippen molar-refractivity contribution in [1.29, 1.82) is 0 Å². The Kier molecular flexibility index (Phi) is 6.40. The summed E-state index contributed by atoms with van der Waals surface area (Å²) in [6, 6.07) is 0. The molecule has 2 aliphatic heterocycles. The zero-order valence-corrected chi connectivity index (χ0v) is 15.4. The second-order valence-corrected chi connectivity index (χ2v) is 8.23. The molecule has 1 atom stereocenters. The molecule has 0 spiro atoms. The highest BCUT2D eigenvalue weighted by atomic mass is 32.2. The van der Waals surface area contributed by atoms with Gasteiger partial charge in [-0.3, -0.25) is 10.1 Å². The predicted octanol–water partition coefficient (Wildman–Crippen LogP) is 2.30. The molecule has 1 amide bonds. The summed E-state index contributed by atoms with van der Waals surface area (Å²) in [5, 5.41) is 14.9. The van der Waals surface area contributed by atoms with Gasteiger partial charge in [-0.05, 0) is 40.2 Å². The molecule has 2 heterocycles. The van der Waals surface area contributed by atoms with Crippen LogP contribution >= 0.6 is 11.8 Å². The number of thioether (sulfide) groups is 1. The quantitative estimate of drug-likeness (QED) is 0.695. The highest BCUT2D eigenvalue weighted by molar-refractivity contribution is 8.03. The topological polar surface area (TPSA) is 90.9 Å². The number of nitrogens with zero attached hydrogens (tertiary/aromatic N) is 1. The summed E-state index contributed by atoms with van der Waals surface area (Å²) in [5.41, 5.74) is 0.499. The van der Waals surface area contributed by atoms with E-state index in [0.29, 0.717) is 6.42 Å². The summed E-state index contributed by atoms with van der Waals surface area (Å²) in [4.78, 5) is 26.0. The summed E-state index contributed by atoms with van der Waals surface area (Å²) in [6.07, 6.45) is 2.30. The first-order valence-corrected chi connectivity index (χ1v) is 9.20. The Morgan fingerprint density at radius 3 is 2.75 bits per heavy atom. The fraction of sp³-hybridized carbons (Fsp3) is 0.750. The summed E-state index contributed by atoms with van der Waals surface area (Å²) < 4.78 is 5.28. The third-order valence-electron chi connectivity index (χ3n) is 3.75. The average molecular weight is 357 g/mol. The van der Waals surface area contributed by atoms with Crippen molar-refractivity contribution in [1.82, 2.24) is 15.5 Å². The molecule has 0 aromatic carbocycles. The van der Waals surface area contributed by atoms with Crippen molar-refractivity contribution in [2.45, 2.75) is 57.6 Å². The standard InChI is InChI=1S/C16H27N3O4S/c1-16(2,3)23-15(22)18-14-17-11-6-9-19(8-4-5-13(20)21)10-7-12(11)24-14/h14,17H,4-10H2,1-3H3,(H,18,22)(H,20,21). The Morgan fingerprint density at radius 1 is 1.38 bits per heavy atom. The van der Waals surface area contributed by atoms with E-state index in [1.165, 1.54) is 10.6 Å². The number of amides is 1. The van der Waals surface area contributed by atoms with Crippen molar-refractivity contribution in [3.8, 4) is 0 Å². The molecule has 0 saturated carbocycles. The summed E-state index contributed by atoms with van der Waals surface area (Å²) in [6.45, 7) is 8.17. The molecular weight excluding hydrogens is 330 g/mol. The van der Waals surface area contributed by atoms with Crippen LogP contribution in [0.15, 0.2) is 10.6 Å². The van der Waals surface area contributed by atoms with Crippen molar-refractivity contribution in [3.63, 3.8) is 0 Å². The van der Waals surface area contributed by atoms with Gasteiger partial charge in [0.15, 0.2) is 5.50 Å². The third kappa shape index (κ3) is 6.24. The zero-order chi connectivity index (χ0) is 17.7. The van der Waals surface area contributed by atoms with Gasteiger partial charge < -0.3 is 20.1 Å². The number of nitrogens with one attached hydrogen (secondary N) is 2. The monoisotopic (exact) mass is 357 g/mol. The maximum Gasteiger partial charge on any atom is 0.409 e. The van der Waals surface area contributed by atoms with E-state index >= 15 is 0 Å². The SMILES string of the molecule is CC(C)(C)OC(=O)NC1NC2=C(CCN(CCCC(=O)O)CC2)S1. The van der Waals surface area contributed by atoms with Crippen molar-refractivity contribution in [2.75, 3.05) is 19.6 Å². The van der Waals surface area contributed by atoms with Gasteiger partial charge in [0.2, 0.25) is 0 Å². The van der Waals surface area contributed by atoms with Crippen LogP contribution < -0.4 is 10.6 Å². The summed E-state index contributed by atoms with van der Waals surface area (Å²) >= 11 is 1.63. The van der Waals surface area contributed by atoms with Crippen molar-refractivity contribution >= 4 is 23.8 Å². The predicted molar refractivity (Wildman–Crippen MR) is 93.5 cm³/mol. The molecule has 24 heavy (non-hydrogen) atoms. The van der Waals surface area contributed by atoms with Crippen molar-refractivity contribution in [2.24, 2.45) is 0 Å². The number of aliphatic carboxylic acids is 1. The maximum atomic E-state index is 11.9. The summed E-state index contributed by atoms with van der Waals surface area (Å²) in [7, 11) is 0. The minimum Gasteiger partial charge on any atom is -0.481 e. The molecule has 0 radical (unpaired) electrons. The zero-order valence-electron chi connectivity index (χ0n) is 14.6. The molecule has 0 aromatic rings. The van der Waals surface area contributed by atoms with E-state index in [0.717, 1.165) is 32.5 Å². The van der Waals surface area contributed by atoms with Gasteiger partial charge in [-0.15, -0.1) is 0 Å². The average Bonchev–Trinajstić information content (AvgIpc) is 2.71. The van der Waals surface area contributed by atoms with Crippen LogP contribution in [0.3, 0.4) is 0 Å². The smallest absolute Gasteiger partial charge is 0.409 e. The van der Waals surface area contributed by atoms with Crippen LogP contribution in [0.1, 0.15) is 46.5 Å². The van der Waals surface area contributed by atoms with E-state index in [9.17, 15) is 9.59 Å². The minimum atomic E-state index is -0.737. The van der Waals surface area contributed by atoms with Gasteiger partial charge in [0.1, 0.15) is 5.60 Å². The van der Waals surface area contributed by atoms with E-state index < -0.39 is 17.7 Å². The molecule has 1 unspecified atom stereocenters. The van der Waals surface area contributed by atoms with E-state index in [2.05, 4.69) is 15.5 Å².